The Morgan fingerprint density at radius 3 is 2.80 bits per heavy atom. The molecule has 162 valence electrons. The molecule has 0 bridgehead atoms. The van der Waals surface area contributed by atoms with Gasteiger partial charge in [0, 0.05) is 19.7 Å². The van der Waals surface area contributed by atoms with Gasteiger partial charge < -0.3 is 15.0 Å². The quantitative estimate of drug-likeness (QED) is 0.632. The summed E-state index contributed by atoms with van der Waals surface area (Å²) in [5.74, 6) is -0.977. The second-order valence-corrected chi connectivity index (χ2v) is 10.2. The average molecular weight is 436 g/mol. The molecule has 1 aliphatic carbocycles. The zero-order chi connectivity index (χ0) is 21.5. The molecule has 0 radical (unpaired) electrons. The Hall–Kier alpha value is -2.46. The van der Waals surface area contributed by atoms with Crippen molar-refractivity contribution in [1.29, 1.82) is 0 Å². The molecule has 2 aliphatic heterocycles. The highest BCUT2D eigenvalue weighted by Crippen LogP contribution is 2.41. The van der Waals surface area contributed by atoms with Crippen LogP contribution in [0.2, 0.25) is 0 Å². The van der Waals surface area contributed by atoms with Crippen molar-refractivity contribution in [3.05, 3.63) is 35.4 Å². The Kier molecular flexibility index (Phi) is 5.31. The van der Waals surface area contributed by atoms with Crippen LogP contribution in [0.3, 0.4) is 0 Å². The highest BCUT2D eigenvalue weighted by atomic mass is 32.2. The molecule has 3 aliphatic rings. The second-order valence-electron chi connectivity index (χ2n) is 8.02. The molecule has 0 saturated carbocycles. The number of nitrogens with zero attached hydrogens (tertiary/aromatic N) is 2. The minimum Gasteiger partial charge on any atom is -0.383 e. The maximum absolute atomic E-state index is 13.3. The number of nitrogens with one attached hydrogen (secondary N) is 1. The lowest BCUT2D eigenvalue weighted by Gasteiger charge is -2.29. The molecule has 1 aromatic rings. The average Bonchev–Trinajstić information content (AvgIpc) is 3.33. The van der Waals surface area contributed by atoms with Gasteiger partial charge in [-0.1, -0.05) is 24.3 Å². The van der Waals surface area contributed by atoms with Gasteiger partial charge in [0.25, 0.3) is 5.91 Å². The summed E-state index contributed by atoms with van der Waals surface area (Å²) in [6.45, 7) is 0.0156. The first-order valence-corrected chi connectivity index (χ1v) is 11.8. The van der Waals surface area contributed by atoms with Gasteiger partial charge in [-0.3, -0.25) is 14.5 Å². The van der Waals surface area contributed by atoms with Crippen LogP contribution < -0.4 is 5.32 Å². The number of ether oxygens (including phenoxy) is 1. The lowest BCUT2D eigenvalue weighted by molar-refractivity contribution is -0.140. The fourth-order valence-electron chi connectivity index (χ4n) is 4.68. The summed E-state index contributed by atoms with van der Waals surface area (Å²) in [4.78, 5) is 41.3. The van der Waals surface area contributed by atoms with E-state index in [9.17, 15) is 22.8 Å². The van der Waals surface area contributed by atoms with Gasteiger partial charge in [-0.25, -0.2) is 13.2 Å². The van der Waals surface area contributed by atoms with Crippen molar-refractivity contribution < 1.29 is 27.5 Å². The molecule has 2 fully saturated rings. The Morgan fingerprint density at radius 2 is 2.10 bits per heavy atom. The number of amides is 4. The molecule has 10 heteroatoms. The van der Waals surface area contributed by atoms with Crippen LogP contribution in [0, 0.1) is 0 Å². The standard InChI is InChI=1S/C20H25N3O6S/c1-29-10-9-22(15-7-11-30(27,28)13-15)17(24)12-23-18(25)20(21-19(23)26)8-6-14-4-2-3-5-16(14)20/h2-5,15H,6-13H2,1H3,(H,21,26). The third-order valence-electron chi connectivity index (χ3n) is 6.22. The molecule has 2 atom stereocenters. The number of rotatable bonds is 6. The van der Waals surface area contributed by atoms with E-state index in [1.54, 1.807) is 0 Å². The summed E-state index contributed by atoms with van der Waals surface area (Å²) in [5.41, 5.74) is 0.663. The third kappa shape index (κ3) is 3.47. The van der Waals surface area contributed by atoms with Crippen LogP contribution in [0.25, 0.3) is 0 Å². The molecule has 30 heavy (non-hydrogen) atoms. The summed E-state index contributed by atoms with van der Waals surface area (Å²) in [7, 11) is -1.70. The fourth-order valence-corrected chi connectivity index (χ4v) is 6.41. The number of urea groups is 1. The minimum atomic E-state index is -3.19. The Morgan fingerprint density at radius 1 is 1.33 bits per heavy atom. The van der Waals surface area contributed by atoms with Gasteiger partial charge in [0.1, 0.15) is 12.1 Å². The number of hydrogen-bond acceptors (Lipinski definition) is 6. The lowest BCUT2D eigenvalue weighted by atomic mass is 9.92. The summed E-state index contributed by atoms with van der Waals surface area (Å²) in [6, 6.07) is 6.41. The zero-order valence-electron chi connectivity index (χ0n) is 16.8. The molecular weight excluding hydrogens is 410 g/mol. The van der Waals surface area contributed by atoms with Crippen molar-refractivity contribution in [1.82, 2.24) is 15.1 Å². The van der Waals surface area contributed by atoms with Crippen LogP contribution >= 0.6 is 0 Å². The van der Waals surface area contributed by atoms with Crippen LogP contribution in [0.15, 0.2) is 24.3 Å². The number of hydrogen-bond donors (Lipinski definition) is 1. The zero-order valence-corrected chi connectivity index (χ0v) is 17.6. The van der Waals surface area contributed by atoms with E-state index in [-0.39, 0.29) is 24.7 Å². The van der Waals surface area contributed by atoms with E-state index in [1.165, 1.54) is 12.0 Å². The fraction of sp³-hybridized carbons (Fsp3) is 0.550. The Labute approximate surface area is 175 Å². The van der Waals surface area contributed by atoms with E-state index >= 15 is 0 Å². The third-order valence-corrected chi connectivity index (χ3v) is 7.97. The maximum atomic E-state index is 13.3. The number of carbonyl (C=O) groups excluding carboxylic acids is 3. The molecule has 4 amide bonds. The smallest absolute Gasteiger partial charge is 0.325 e. The van der Waals surface area contributed by atoms with Crippen LogP contribution in [0.4, 0.5) is 4.79 Å². The normalized spacial score (nSPS) is 26.8. The van der Waals surface area contributed by atoms with Crippen molar-refractivity contribution in [2.45, 2.75) is 30.8 Å². The van der Waals surface area contributed by atoms with Gasteiger partial charge in [0.05, 0.1) is 18.1 Å². The van der Waals surface area contributed by atoms with E-state index < -0.39 is 45.8 Å². The summed E-state index contributed by atoms with van der Waals surface area (Å²) in [5, 5.41) is 2.80. The van der Waals surface area contributed by atoms with Crippen LogP contribution in [0.5, 0.6) is 0 Å². The van der Waals surface area contributed by atoms with E-state index in [1.807, 2.05) is 24.3 Å². The van der Waals surface area contributed by atoms with E-state index in [0.717, 1.165) is 16.0 Å². The monoisotopic (exact) mass is 435 g/mol. The first-order chi connectivity index (χ1) is 14.3. The topological polar surface area (TPSA) is 113 Å². The highest BCUT2D eigenvalue weighted by molar-refractivity contribution is 7.91. The van der Waals surface area contributed by atoms with Crippen LogP contribution in [0.1, 0.15) is 24.0 Å². The molecule has 4 rings (SSSR count). The van der Waals surface area contributed by atoms with E-state index in [0.29, 0.717) is 19.3 Å². The van der Waals surface area contributed by atoms with Crippen molar-refractivity contribution in [2.75, 3.05) is 38.3 Å². The Bertz CT molecular complexity index is 994. The van der Waals surface area contributed by atoms with Crippen LogP contribution in [-0.4, -0.2) is 80.4 Å². The van der Waals surface area contributed by atoms with Gasteiger partial charge in [-0.15, -0.1) is 0 Å². The first-order valence-electron chi connectivity index (χ1n) is 9.99. The largest absolute Gasteiger partial charge is 0.383 e. The summed E-state index contributed by atoms with van der Waals surface area (Å²) < 4.78 is 28.8. The number of benzene rings is 1. The second kappa shape index (κ2) is 7.66. The lowest BCUT2D eigenvalue weighted by Crippen LogP contribution is -2.49. The molecule has 9 nitrogen and oxygen atoms in total. The minimum absolute atomic E-state index is 0.0253. The number of fused-ring (bicyclic) bond motifs is 2. The molecule has 1 aromatic carbocycles. The highest BCUT2D eigenvalue weighted by Gasteiger charge is 2.55. The summed E-state index contributed by atoms with van der Waals surface area (Å²) >= 11 is 0. The van der Waals surface area contributed by atoms with Gasteiger partial charge in [-0.05, 0) is 30.4 Å². The first kappa shape index (κ1) is 20.8. The molecular formula is C20H25N3O6S. The molecule has 1 N–H and O–H groups in total. The van der Waals surface area contributed by atoms with Gasteiger partial charge in [0.15, 0.2) is 9.84 Å². The maximum Gasteiger partial charge on any atom is 0.325 e. The van der Waals surface area contributed by atoms with Crippen molar-refractivity contribution in [3.63, 3.8) is 0 Å². The van der Waals surface area contributed by atoms with Crippen LogP contribution in [-0.2, 0) is 36.1 Å². The van der Waals surface area contributed by atoms with E-state index in [2.05, 4.69) is 5.32 Å². The molecule has 2 saturated heterocycles. The van der Waals surface area contributed by atoms with Gasteiger partial charge in [-0.2, -0.15) is 0 Å². The molecule has 2 heterocycles. The molecule has 2 unspecified atom stereocenters. The molecule has 1 spiro atoms. The van der Waals surface area contributed by atoms with Crippen molar-refractivity contribution in [3.8, 4) is 0 Å². The Balaban J connectivity index is 1.53. The van der Waals surface area contributed by atoms with Gasteiger partial charge >= 0.3 is 6.03 Å². The van der Waals surface area contributed by atoms with E-state index in [4.69, 9.17) is 4.74 Å². The van der Waals surface area contributed by atoms with Crippen molar-refractivity contribution in [2.24, 2.45) is 0 Å². The van der Waals surface area contributed by atoms with Gasteiger partial charge in [0.2, 0.25) is 5.91 Å². The predicted octanol–water partition coefficient (Wildman–Crippen LogP) is 0.0420. The number of aryl methyl sites for hydroxylation is 1. The van der Waals surface area contributed by atoms with Crippen molar-refractivity contribution >= 4 is 27.7 Å². The summed E-state index contributed by atoms with van der Waals surface area (Å²) in [6.07, 6.45) is 1.47. The number of sulfone groups is 1. The number of carbonyl (C=O) groups is 3. The predicted molar refractivity (Wildman–Crippen MR) is 107 cm³/mol. The SMILES string of the molecule is COCCN(C(=O)CN1C(=O)NC2(CCc3ccccc32)C1=O)C1CCS(=O)(=O)C1. The molecule has 0 aromatic heterocycles. The number of imide groups is 1. The number of methoxy groups -OCH3 is 1.